The second-order valence-electron chi connectivity index (χ2n) is 3.98. The van der Waals surface area contributed by atoms with E-state index in [1.807, 2.05) is 0 Å². The Kier molecular flexibility index (Phi) is 4.29. The number of amides is 1. The third-order valence-electron chi connectivity index (χ3n) is 2.74. The summed E-state index contributed by atoms with van der Waals surface area (Å²) in [5, 5.41) is 1.02. The van der Waals surface area contributed by atoms with Gasteiger partial charge in [0, 0.05) is 18.7 Å². The van der Waals surface area contributed by atoms with E-state index in [1.54, 1.807) is 17.0 Å². The van der Waals surface area contributed by atoms with Crippen molar-refractivity contribution in [3.05, 3.63) is 26.7 Å². The minimum atomic E-state index is 0.0958. The standard InChI is InChI=1S/C11H10BrCl2NOS/c12-11-8(13)2-7(3-9(11)14)15-4-6(5-17)1-10(15)16/h2-3,6,17H,1,4-5H2. The van der Waals surface area contributed by atoms with Crippen LogP contribution < -0.4 is 4.90 Å². The SMILES string of the molecule is O=C1CC(CS)CN1c1cc(Cl)c(Br)c(Cl)c1. The van der Waals surface area contributed by atoms with Gasteiger partial charge in [-0.2, -0.15) is 12.6 Å². The van der Waals surface area contributed by atoms with Crippen molar-refractivity contribution in [1.82, 2.24) is 0 Å². The van der Waals surface area contributed by atoms with Gasteiger partial charge in [0.2, 0.25) is 5.91 Å². The van der Waals surface area contributed by atoms with Gasteiger partial charge in [0.15, 0.2) is 0 Å². The summed E-state index contributed by atoms with van der Waals surface area (Å²) in [6, 6.07) is 3.49. The third-order valence-corrected chi connectivity index (χ3v) is 5.17. The molecule has 1 aromatic rings. The normalized spacial score (nSPS) is 20.1. The van der Waals surface area contributed by atoms with Crippen LogP contribution in [0.15, 0.2) is 16.6 Å². The fourth-order valence-corrected chi connectivity index (χ4v) is 2.80. The van der Waals surface area contributed by atoms with Crippen LogP contribution in [0.25, 0.3) is 0 Å². The van der Waals surface area contributed by atoms with Crippen LogP contribution in [0.1, 0.15) is 6.42 Å². The average molecular weight is 355 g/mol. The van der Waals surface area contributed by atoms with Crippen LogP contribution in [0.4, 0.5) is 5.69 Å². The second kappa shape index (κ2) is 5.39. The molecule has 6 heteroatoms. The maximum absolute atomic E-state index is 11.8. The Bertz CT molecular complexity index is 446. The smallest absolute Gasteiger partial charge is 0.227 e. The number of anilines is 1. The number of benzene rings is 1. The van der Waals surface area contributed by atoms with E-state index >= 15 is 0 Å². The average Bonchev–Trinajstić information content (AvgIpc) is 2.67. The van der Waals surface area contributed by atoms with E-state index < -0.39 is 0 Å². The molecule has 0 N–H and O–H groups in total. The molecule has 0 saturated carbocycles. The maximum atomic E-state index is 11.8. The number of carbonyl (C=O) groups is 1. The zero-order valence-electron chi connectivity index (χ0n) is 8.79. The lowest BCUT2D eigenvalue weighted by Crippen LogP contribution is -2.24. The summed E-state index contributed by atoms with van der Waals surface area (Å²) in [5.41, 5.74) is 0.748. The van der Waals surface area contributed by atoms with Gasteiger partial charge in [0.25, 0.3) is 0 Å². The molecule has 2 rings (SSSR count). The molecule has 1 saturated heterocycles. The van der Waals surface area contributed by atoms with Crippen molar-refractivity contribution in [3.8, 4) is 0 Å². The van der Waals surface area contributed by atoms with Crippen molar-refractivity contribution in [2.24, 2.45) is 5.92 Å². The summed E-state index contributed by atoms with van der Waals surface area (Å²) in [6.07, 6.45) is 0.537. The molecule has 17 heavy (non-hydrogen) atoms. The van der Waals surface area contributed by atoms with Crippen LogP contribution in [0.3, 0.4) is 0 Å². The van der Waals surface area contributed by atoms with Crippen LogP contribution in [0.2, 0.25) is 10.0 Å². The molecule has 1 atom stereocenters. The van der Waals surface area contributed by atoms with Crippen LogP contribution in [0.5, 0.6) is 0 Å². The first-order valence-electron chi connectivity index (χ1n) is 5.08. The van der Waals surface area contributed by atoms with Crippen molar-refractivity contribution in [3.63, 3.8) is 0 Å². The Morgan fingerprint density at radius 3 is 2.47 bits per heavy atom. The maximum Gasteiger partial charge on any atom is 0.227 e. The number of nitrogens with zero attached hydrogens (tertiary/aromatic N) is 1. The third kappa shape index (κ3) is 2.75. The zero-order valence-corrected chi connectivity index (χ0v) is 12.8. The number of rotatable bonds is 2. The Balaban J connectivity index is 2.32. The Morgan fingerprint density at radius 1 is 1.41 bits per heavy atom. The zero-order chi connectivity index (χ0) is 12.6. The molecule has 1 fully saturated rings. The highest BCUT2D eigenvalue weighted by Gasteiger charge is 2.30. The van der Waals surface area contributed by atoms with E-state index in [0.717, 1.165) is 5.69 Å². The summed E-state index contributed by atoms with van der Waals surface area (Å²) >= 11 is 19.6. The first-order valence-corrected chi connectivity index (χ1v) is 7.27. The van der Waals surface area contributed by atoms with Crippen LogP contribution in [-0.4, -0.2) is 18.2 Å². The van der Waals surface area contributed by atoms with Gasteiger partial charge >= 0.3 is 0 Å². The first kappa shape index (κ1) is 13.5. The van der Waals surface area contributed by atoms with Gasteiger partial charge in [0.1, 0.15) is 0 Å². The highest BCUT2D eigenvalue weighted by molar-refractivity contribution is 9.10. The quantitative estimate of drug-likeness (QED) is 0.627. The molecule has 0 radical (unpaired) electrons. The van der Waals surface area contributed by atoms with E-state index in [4.69, 9.17) is 23.2 Å². The largest absolute Gasteiger partial charge is 0.312 e. The Morgan fingerprint density at radius 2 is 2.00 bits per heavy atom. The highest BCUT2D eigenvalue weighted by atomic mass is 79.9. The molecule has 1 aliphatic rings. The minimum absolute atomic E-state index is 0.0958. The van der Waals surface area contributed by atoms with Crippen molar-refractivity contribution in [1.29, 1.82) is 0 Å². The molecule has 0 aliphatic carbocycles. The van der Waals surface area contributed by atoms with Gasteiger partial charge in [-0.1, -0.05) is 23.2 Å². The molecule has 0 spiro atoms. The van der Waals surface area contributed by atoms with E-state index in [0.29, 0.717) is 39.2 Å². The van der Waals surface area contributed by atoms with Gasteiger partial charge in [-0.15, -0.1) is 0 Å². The van der Waals surface area contributed by atoms with Crippen molar-refractivity contribution in [2.45, 2.75) is 6.42 Å². The molecule has 1 amide bonds. The van der Waals surface area contributed by atoms with Crippen molar-refractivity contribution >= 4 is 63.4 Å². The Labute approximate surface area is 124 Å². The van der Waals surface area contributed by atoms with Crippen molar-refractivity contribution < 1.29 is 4.79 Å². The molecular formula is C11H10BrCl2NOS. The predicted molar refractivity (Wildman–Crippen MR) is 78.5 cm³/mol. The van der Waals surface area contributed by atoms with Gasteiger partial charge in [-0.05, 0) is 39.7 Å². The summed E-state index contributed by atoms with van der Waals surface area (Å²) < 4.78 is 0.655. The number of thiol groups is 1. The van der Waals surface area contributed by atoms with Gasteiger partial charge in [-0.25, -0.2) is 0 Å². The number of carbonyl (C=O) groups excluding carboxylic acids is 1. The van der Waals surface area contributed by atoms with E-state index in [1.165, 1.54) is 0 Å². The van der Waals surface area contributed by atoms with Gasteiger partial charge in [-0.3, -0.25) is 4.79 Å². The lowest BCUT2D eigenvalue weighted by atomic mass is 10.1. The molecular weight excluding hydrogens is 345 g/mol. The molecule has 1 unspecified atom stereocenters. The lowest BCUT2D eigenvalue weighted by Gasteiger charge is -2.17. The molecule has 0 aromatic heterocycles. The number of hydrogen-bond donors (Lipinski definition) is 1. The Hall–Kier alpha value is 0.1000. The lowest BCUT2D eigenvalue weighted by molar-refractivity contribution is -0.117. The number of hydrogen-bond acceptors (Lipinski definition) is 2. The fourth-order valence-electron chi connectivity index (χ4n) is 1.85. The highest BCUT2D eigenvalue weighted by Crippen LogP contribution is 2.36. The first-order chi connectivity index (χ1) is 8.02. The van der Waals surface area contributed by atoms with E-state index in [-0.39, 0.29) is 5.91 Å². The van der Waals surface area contributed by atoms with Gasteiger partial charge in [0.05, 0.1) is 14.5 Å². The van der Waals surface area contributed by atoms with Crippen LogP contribution in [0, 0.1) is 5.92 Å². The van der Waals surface area contributed by atoms with Crippen LogP contribution >= 0.6 is 51.8 Å². The number of halogens is 3. The van der Waals surface area contributed by atoms with Crippen molar-refractivity contribution in [2.75, 3.05) is 17.2 Å². The molecule has 2 nitrogen and oxygen atoms in total. The molecule has 0 bridgehead atoms. The summed E-state index contributed by atoms with van der Waals surface area (Å²) in [6.45, 7) is 0.677. The predicted octanol–water partition coefficient (Wildman–Crippen LogP) is 4.04. The molecule has 1 heterocycles. The monoisotopic (exact) mass is 353 g/mol. The minimum Gasteiger partial charge on any atom is -0.312 e. The van der Waals surface area contributed by atoms with E-state index in [9.17, 15) is 4.79 Å². The van der Waals surface area contributed by atoms with E-state index in [2.05, 4.69) is 28.6 Å². The summed E-state index contributed by atoms with van der Waals surface area (Å²) in [5.74, 6) is 1.10. The summed E-state index contributed by atoms with van der Waals surface area (Å²) in [7, 11) is 0. The second-order valence-corrected chi connectivity index (χ2v) is 5.95. The fraction of sp³-hybridized carbons (Fsp3) is 0.364. The van der Waals surface area contributed by atoms with Crippen LogP contribution in [-0.2, 0) is 4.79 Å². The molecule has 1 aliphatic heterocycles. The molecule has 1 aromatic carbocycles. The van der Waals surface area contributed by atoms with Gasteiger partial charge < -0.3 is 4.90 Å². The topological polar surface area (TPSA) is 20.3 Å². The molecule has 92 valence electrons. The summed E-state index contributed by atoms with van der Waals surface area (Å²) in [4.78, 5) is 13.6.